The third kappa shape index (κ3) is 3.80. The number of aryl methyl sites for hydroxylation is 1. The van der Waals surface area contributed by atoms with Crippen LogP contribution >= 0.6 is 22.9 Å². The molecule has 8 heteroatoms. The average molecular weight is 389 g/mol. The van der Waals surface area contributed by atoms with Gasteiger partial charge in [0.05, 0.1) is 5.69 Å². The molecule has 0 bridgehead atoms. The minimum Gasteiger partial charge on any atom is -0.361 e. The Hall–Kier alpha value is -2.22. The minimum atomic E-state index is -0.300. The molecule has 0 aliphatic carbocycles. The van der Waals surface area contributed by atoms with E-state index in [9.17, 15) is 4.79 Å². The summed E-state index contributed by atoms with van der Waals surface area (Å²) in [5.41, 5.74) is 2.56. The van der Waals surface area contributed by atoms with Gasteiger partial charge in [-0.2, -0.15) is 0 Å². The Bertz CT molecular complexity index is 935. The van der Waals surface area contributed by atoms with Gasteiger partial charge in [-0.1, -0.05) is 28.9 Å². The van der Waals surface area contributed by atoms with Crippen LogP contribution in [0.5, 0.6) is 0 Å². The first-order chi connectivity index (χ1) is 12.6. The molecule has 0 spiro atoms. The second kappa shape index (κ2) is 7.19. The van der Waals surface area contributed by atoms with Gasteiger partial charge in [-0.25, -0.2) is 4.98 Å². The third-order valence-electron chi connectivity index (χ3n) is 4.21. The first-order valence-corrected chi connectivity index (χ1v) is 9.46. The number of carbonyl (C=O) groups is 1. The fourth-order valence-electron chi connectivity index (χ4n) is 2.92. The maximum absolute atomic E-state index is 12.2. The van der Waals surface area contributed by atoms with Crippen molar-refractivity contribution in [1.29, 1.82) is 0 Å². The molecule has 3 aromatic rings. The summed E-state index contributed by atoms with van der Waals surface area (Å²) in [5, 5.41) is 7.90. The molecule has 4 rings (SSSR count). The number of carbonyl (C=O) groups excluding carboxylic acids is 1. The smallest absolute Gasteiger partial charge is 0.279 e. The maximum Gasteiger partial charge on any atom is 0.279 e. The summed E-state index contributed by atoms with van der Waals surface area (Å²) in [6, 6.07) is 9.54. The van der Waals surface area contributed by atoms with Crippen LogP contribution in [0.15, 0.2) is 34.9 Å². The van der Waals surface area contributed by atoms with Crippen molar-refractivity contribution >= 4 is 34.0 Å². The fourth-order valence-corrected chi connectivity index (χ4v) is 4.09. The zero-order valence-electron chi connectivity index (χ0n) is 14.2. The van der Waals surface area contributed by atoms with Crippen LogP contribution in [0, 0.1) is 6.92 Å². The number of benzene rings is 1. The lowest BCUT2D eigenvalue weighted by Gasteiger charge is -2.25. The Kier molecular flexibility index (Phi) is 4.76. The van der Waals surface area contributed by atoms with E-state index in [1.807, 2.05) is 12.1 Å². The summed E-state index contributed by atoms with van der Waals surface area (Å²) >= 11 is 7.46. The number of nitrogens with one attached hydrogen (secondary N) is 1. The lowest BCUT2D eigenvalue weighted by atomic mass is 10.1. The number of halogens is 1. The van der Waals surface area contributed by atoms with Crippen molar-refractivity contribution in [2.24, 2.45) is 0 Å². The fraction of sp³-hybridized carbons (Fsp3) is 0.278. The number of hydrogen-bond donors (Lipinski definition) is 1. The van der Waals surface area contributed by atoms with Gasteiger partial charge in [-0.15, -0.1) is 11.3 Å². The molecule has 26 heavy (non-hydrogen) atoms. The zero-order valence-corrected chi connectivity index (χ0v) is 15.7. The van der Waals surface area contributed by atoms with E-state index >= 15 is 0 Å². The van der Waals surface area contributed by atoms with Crippen LogP contribution < -0.4 is 5.32 Å². The van der Waals surface area contributed by atoms with E-state index in [-0.39, 0.29) is 11.6 Å². The van der Waals surface area contributed by atoms with Gasteiger partial charge >= 0.3 is 0 Å². The monoisotopic (exact) mass is 388 g/mol. The van der Waals surface area contributed by atoms with E-state index < -0.39 is 0 Å². The molecule has 1 aromatic carbocycles. The number of aromatic nitrogens is 2. The number of anilines is 1. The van der Waals surface area contributed by atoms with Crippen LogP contribution in [0.3, 0.4) is 0 Å². The van der Waals surface area contributed by atoms with Crippen LogP contribution in [-0.4, -0.2) is 27.5 Å². The van der Waals surface area contributed by atoms with Crippen molar-refractivity contribution in [3.63, 3.8) is 0 Å². The van der Waals surface area contributed by atoms with Crippen molar-refractivity contribution in [3.8, 4) is 0 Å². The number of rotatable bonds is 4. The Morgan fingerprint density at radius 1 is 1.38 bits per heavy atom. The summed E-state index contributed by atoms with van der Waals surface area (Å²) in [5.74, 6) is 0.303. The van der Waals surface area contributed by atoms with Gasteiger partial charge in [0.1, 0.15) is 5.76 Å². The molecule has 0 saturated carbocycles. The van der Waals surface area contributed by atoms with E-state index in [0.717, 1.165) is 36.8 Å². The van der Waals surface area contributed by atoms with Gasteiger partial charge in [0, 0.05) is 42.0 Å². The predicted molar refractivity (Wildman–Crippen MR) is 101 cm³/mol. The normalized spacial score (nSPS) is 14.2. The van der Waals surface area contributed by atoms with Crippen LogP contribution in [0.25, 0.3) is 0 Å². The summed E-state index contributed by atoms with van der Waals surface area (Å²) in [7, 11) is 0. The van der Waals surface area contributed by atoms with Gasteiger partial charge in [0.25, 0.3) is 5.91 Å². The molecular formula is C18H17ClN4O2S. The molecule has 2 aromatic heterocycles. The topological polar surface area (TPSA) is 71.3 Å². The Morgan fingerprint density at radius 2 is 2.19 bits per heavy atom. The largest absolute Gasteiger partial charge is 0.361 e. The molecule has 1 amide bonds. The van der Waals surface area contributed by atoms with Gasteiger partial charge < -0.3 is 4.52 Å². The Morgan fingerprint density at radius 3 is 2.92 bits per heavy atom. The molecule has 134 valence electrons. The Labute approximate surface area is 159 Å². The first kappa shape index (κ1) is 17.2. The van der Waals surface area contributed by atoms with Crippen molar-refractivity contribution in [1.82, 2.24) is 15.0 Å². The van der Waals surface area contributed by atoms with Crippen LogP contribution in [0.4, 0.5) is 5.13 Å². The quantitative estimate of drug-likeness (QED) is 0.733. The lowest BCUT2D eigenvalue weighted by molar-refractivity contribution is 0.101. The number of hydrogen-bond acceptors (Lipinski definition) is 6. The Balaban J connectivity index is 1.42. The van der Waals surface area contributed by atoms with Gasteiger partial charge in [-0.3, -0.25) is 15.0 Å². The highest BCUT2D eigenvalue weighted by Crippen LogP contribution is 2.29. The SMILES string of the molecule is Cc1cc(C(=O)Nc2nc3c(s2)CN(Cc2ccc(Cl)cc2)CC3)no1. The molecule has 0 fully saturated rings. The minimum absolute atomic E-state index is 0.264. The highest BCUT2D eigenvalue weighted by Gasteiger charge is 2.22. The average Bonchev–Trinajstić information content (AvgIpc) is 3.22. The van der Waals surface area contributed by atoms with Crippen molar-refractivity contribution in [2.75, 3.05) is 11.9 Å². The molecule has 0 radical (unpaired) electrons. The van der Waals surface area contributed by atoms with Crippen molar-refractivity contribution in [3.05, 3.63) is 62.9 Å². The molecule has 3 heterocycles. The van der Waals surface area contributed by atoms with E-state index in [4.69, 9.17) is 16.1 Å². The van der Waals surface area contributed by atoms with Crippen LogP contribution in [0.2, 0.25) is 5.02 Å². The molecule has 0 atom stereocenters. The van der Waals surface area contributed by atoms with Gasteiger partial charge in [0.2, 0.25) is 0 Å². The third-order valence-corrected chi connectivity index (χ3v) is 5.46. The van der Waals surface area contributed by atoms with E-state index in [1.165, 1.54) is 21.8 Å². The van der Waals surface area contributed by atoms with E-state index in [0.29, 0.717) is 10.9 Å². The number of amides is 1. The standard InChI is InChI=1S/C18H17ClN4O2S/c1-11-8-15(22-25-11)17(24)21-18-20-14-6-7-23(10-16(14)26-18)9-12-2-4-13(19)5-3-12/h2-5,8H,6-7,9-10H2,1H3,(H,20,21,24). The predicted octanol–water partition coefficient (Wildman–Crippen LogP) is 3.90. The van der Waals surface area contributed by atoms with Gasteiger partial charge in [0.15, 0.2) is 10.8 Å². The summed E-state index contributed by atoms with van der Waals surface area (Å²) < 4.78 is 4.94. The molecule has 6 nitrogen and oxygen atoms in total. The summed E-state index contributed by atoms with van der Waals surface area (Å²) in [4.78, 5) is 20.3. The summed E-state index contributed by atoms with van der Waals surface area (Å²) in [6.07, 6.45) is 0.873. The maximum atomic E-state index is 12.2. The lowest BCUT2D eigenvalue weighted by Crippen LogP contribution is -2.29. The highest BCUT2D eigenvalue weighted by atomic mass is 35.5. The van der Waals surface area contributed by atoms with Crippen molar-refractivity contribution in [2.45, 2.75) is 26.4 Å². The second-order valence-electron chi connectivity index (χ2n) is 6.25. The molecule has 1 N–H and O–H groups in total. The number of nitrogens with zero attached hydrogens (tertiary/aromatic N) is 3. The molecule has 0 saturated heterocycles. The highest BCUT2D eigenvalue weighted by molar-refractivity contribution is 7.15. The van der Waals surface area contributed by atoms with Crippen molar-refractivity contribution < 1.29 is 9.32 Å². The zero-order chi connectivity index (χ0) is 18.1. The van der Waals surface area contributed by atoms with Crippen LogP contribution in [-0.2, 0) is 19.5 Å². The second-order valence-corrected chi connectivity index (χ2v) is 7.77. The number of fused-ring (bicyclic) bond motifs is 1. The van der Waals surface area contributed by atoms with Crippen LogP contribution in [0.1, 0.15) is 32.4 Å². The molecule has 0 unspecified atom stereocenters. The van der Waals surface area contributed by atoms with Gasteiger partial charge in [-0.05, 0) is 24.6 Å². The first-order valence-electron chi connectivity index (χ1n) is 8.27. The summed E-state index contributed by atoms with van der Waals surface area (Å²) in [6.45, 7) is 4.39. The van der Waals surface area contributed by atoms with E-state index in [1.54, 1.807) is 13.0 Å². The molecular weight excluding hydrogens is 372 g/mol. The number of thiazole rings is 1. The van der Waals surface area contributed by atoms with E-state index in [2.05, 4.69) is 32.5 Å². The molecule has 1 aliphatic rings. The molecule has 1 aliphatic heterocycles.